The average Bonchev–Trinajstić information content (AvgIpc) is 2.07. The Morgan fingerprint density at radius 2 is 1.78 bits per heavy atom. The van der Waals surface area contributed by atoms with E-state index in [4.69, 9.17) is 19.2 Å². The first-order chi connectivity index (χ1) is 7.83. The second-order valence-electron chi connectivity index (χ2n) is 4.89. The molecule has 18 heavy (non-hydrogen) atoms. The zero-order valence-electron chi connectivity index (χ0n) is 11.3. The van der Waals surface area contributed by atoms with E-state index in [1.165, 1.54) is 0 Å². The molecule has 0 bridgehead atoms. The van der Waals surface area contributed by atoms with Gasteiger partial charge in [-0.3, -0.25) is 9.36 Å². The van der Waals surface area contributed by atoms with Crippen LogP contribution < -0.4 is 10.2 Å². The van der Waals surface area contributed by atoms with Gasteiger partial charge in [0, 0.05) is 18.5 Å². The fourth-order valence-electron chi connectivity index (χ4n) is 0.906. The van der Waals surface area contributed by atoms with Gasteiger partial charge in [-0.1, -0.05) is 6.58 Å². The van der Waals surface area contributed by atoms with Crippen LogP contribution >= 0.6 is 7.82 Å². The van der Waals surface area contributed by atoms with Gasteiger partial charge in [-0.15, -0.1) is 0 Å². The van der Waals surface area contributed by atoms with Crippen LogP contribution in [0.5, 0.6) is 0 Å². The van der Waals surface area contributed by atoms with Gasteiger partial charge >= 0.3 is 0 Å². The molecule has 0 aliphatic carbocycles. The quantitative estimate of drug-likeness (QED) is 0.265. The van der Waals surface area contributed by atoms with Crippen molar-refractivity contribution in [1.29, 1.82) is 0 Å². The van der Waals surface area contributed by atoms with E-state index in [9.17, 15) is 4.79 Å². The summed E-state index contributed by atoms with van der Waals surface area (Å²) >= 11 is 0. The van der Waals surface area contributed by atoms with E-state index in [-0.39, 0.29) is 5.91 Å². The molecule has 3 N–H and O–H groups in total. The Labute approximate surface area is 108 Å². The summed E-state index contributed by atoms with van der Waals surface area (Å²) in [6, 6.07) is 0. The molecule has 0 radical (unpaired) electrons. The van der Waals surface area contributed by atoms with Gasteiger partial charge in [0.1, 0.15) is 0 Å². The lowest BCUT2D eigenvalue weighted by molar-refractivity contribution is -0.870. The third kappa shape index (κ3) is 24.5. The fraction of sp³-hybridized carbons (Fsp3) is 0.700. The van der Waals surface area contributed by atoms with Crippen molar-refractivity contribution in [3.63, 3.8) is 0 Å². The lowest BCUT2D eigenvalue weighted by atomic mass is 10.3. The highest BCUT2D eigenvalue weighted by atomic mass is 31.2. The molecule has 0 heterocycles. The number of amides is 1. The van der Waals surface area contributed by atoms with Crippen molar-refractivity contribution in [1.82, 2.24) is 5.32 Å². The van der Waals surface area contributed by atoms with E-state index in [0.717, 1.165) is 24.0 Å². The monoisotopic (exact) mass is 282 g/mol. The summed E-state index contributed by atoms with van der Waals surface area (Å²) < 4.78 is 9.70. The molecule has 0 aliphatic rings. The number of rotatable bonds is 5. The minimum Gasteiger partial charge on any atom is -0.756 e. The van der Waals surface area contributed by atoms with Gasteiger partial charge in [-0.2, -0.15) is 0 Å². The number of nitrogens with zero attached hydrogens (tertiary/aromatic N) is 1. The van der Waals surface area contributed by atoms with Crippen molar-refractivity contribution in [3.8, 4) is 0 Å². The first-order valence-electron chi connectivity index (χ1n) is 5.33. The zero-order valence-corrected chi connectivity index (χ0v) is 12.2. The van der Waals surface area contributed by atoms with Gasteiger partial charge in [0.15, 0.2) is 0 Å². The summed E-state index contributed by atoms with van der Waals surface area (Å²) in [6.07, 6.45) is 1.00. The van der Waals surface area contributed by atoms with Crippen LogP contribution in [0.3, 0.4) is 0 Å². The smallest absolute Gasteiger partial charge is 0.262 e. The molecule has 0 unspecified atom stereocenters. The molecule has 7 nitrogen and oxygen atoms in total. The third-order valence-electron chi connectivity index (χ3n) is 1.68. The Balaban J connectivity index is 0. The molecule has 1 amide bonds. The maximum Gasteiger partial charge on any atom is 0.262 e. The standard InChI is InChI=1S/C10H20N2O.H3O4P/c1-9(2)10(13)11-7-6-8-12(3,4)5;1-5(2,3)4/h1,6-8H2,2-5H3;(H3,1,2,3,4). The van der Waals surface area contributed by atoms with Crippen molar-refractivity contribution in [2.45, 2.75) is 13.3 Å². The summed E-state index contributed by atoms with van der Waals surface area (Å²) in [5, 5.41) is 2.81. The predicted molar refractivity (Wildman–Crippen MR) is 67.4 cm³/mol. The topological polar surface area (TPSA) is 110 Å². The number of hydrogen-bond donors (Lipinski definition) is 3. The molecular formula is C10H23N2O5P. The summed E-state index contributed by atoms with van der Waals surface area (Å²) in [6.45, 7) is 7.09. The molecule has 108 valence electrons. The fourth-order valence-corrected chi connectivity index (χ4v) is 0.906. The number of hydrogen-bond acceptors (Lipinski definition) is 3. The predicted octanol–water partition coefficient (Wildman–Crippen LogP) is -0.786. The van der Waals surface area contributed by atoms with Crippen LogP contribution in [0.4, 0.5) is 0 Å². The van der Waals surface area contributed by atoms with Crippen molar-refractivity contribution < 1.29 is 28.5 Å². The molecule has 0 aromatic rings. The van der Waals surface area contributed by atoms with E-state index in [1.807, 2.05) is 0 Å². The van der Waals surface area contributed by atoms with E-state index in [2.05, 4.69) is 33.0 Å². The highest BCUT2D eigenvalue weighted by molar-refractivity contribution is 7.43. The van der Waals surface area contributed by atoms with Crippen LogP contribution in [-0.2, 0) is 9.36 Å². The Hall–Kier alpha value is -0.720. The van der Waals surface area contributed by atoms with E-state index >= 15 is 0 Å². The Kier molecular flexibility index (Phi) is 9.15. The van der Waals surface area contributed by atoms with Gasteiger partial charge in [0.2, 0.25) is 5.91 Å². The van der Waals surface area contributed by atoms with Crippen LogP contribution in [0, 0.1) is 0 Å². The van der Waals surface area contributed by atoms with Crippen LogP contribution in [0.1, 0.15) is 13.3 Å². The highest BCUT2D eigenvalue weighted by Gasteiger charge is 2.06. The summed E-state index contributed by atoms with van der Waals surface area (Å²) in [7, 11) is 1.53. The van der Waals surface area contributed by atoms with Gasteiger partial charge in [-0.05, 0) is 6.92 Å². The van der Waals surface area contributed by atoms with Crippen LogP contribution in [-0.4, -0.2) is 54.4 Å². The molecule has 0 fully saturated rings. The van der Waals surface area contributed by atoms with Gasteiger partial charge < -0.3 is 24.5 Å². The van der Waals surface area contributed by atoms with Crippen molar-refractivity contribution in [3.05, 3.63) is 12.2 Å². The second-order valence-corrected chi connectivity index (χ2v) is 5.88. The van der Waals surface area contributed by atoms with E-state index in [0.29, 0.717) is 5.57 Å². The molecule has 0 spiro atoms. The molecule has 0 aliphatic heterocycles. The SMILES string of the molecule is C=C(C)C(=O)NCCC[N+](C)(C)C.O=P([O-])(O)O. The molecule has 8 heteroatoms. The van der Waals surface area contributed by atoms with Crippen molar-refractivity contribution in [2.75, 3.05) is 34.2 Å². The lowest BCUT2D eigenvalue weighted by Crippen LogP contribution is -2.37. The molecule has 0 atom stereocenters. The van der Waals surface area contributed by atoms with E-state index < -0.39 is 7.82 Å². The second kappa shape index (κ2) is 8.39. The maximum atomic E-state index is 11.1. The van der Waals surface area contributed by atoms with Crippen LogP contribution in [0.15, 0.2) is 12.2 Å². The maximum absolute atomic E-state index is 11.1. The number of carbonyl (C=O) groups excluding carboxylic acids is 1. The molecule has 0 aromatic heterocycles. The molecular weight excluding hydrogens is 259 g/mol. The molecule has 0 saturated heterocycles. The molecule has 0 saturated carbocycles. The highest BCUT2D eigenvalue weighted by Crippen LogP contribution is 2.18. The first kappa shape index (κ1) is 19.6. The number of carbonyl (C=O) groups is 1. The number of nitrogens with one attached hydrogen (secondary N) is 1. The third-order valence-corrected chi connectivity index (χ3v) is 1.68. The molecule has 0 rings (SSSR count). The minimum atomic E-state index is -4.89. The van der Waals surface area contributed by atoms with Crippen LogP contribution in [0.2, 0.25) is 0 Å². The minimum absolute atomic E-state index is 0.0404. The van der Waals surface area contributed by atoms with Crippen molar-refractivity contribution >= 4 is 13.7 Å². The summed E-state index contributed by atoms with van der Waals surface area (Å²) in [4.78, 5) is 34.0. The summed E-state index contributed by atoms with van der Waals surface area (Å²) in [5.74, 6) is -0.0404. The normalized spacial score (nSPS) is 11.3. The largest absolute Gasteiger partial charge is 0.756 e. The van der Waals surface area contributed by atoms with Crippen LogP contribution in [0.25, 0.3) is 0 Å². The van der Waals surface area contributed by atoms with Gasteiger partial charge in [0.25, 0.3) is 7.82 Å². The lowest BCUT2D eigenvalue weighted by Gasteiger charge is -2.23. The van der Waals surface area contributed by atoms with Gasteiger partial charge in [0.05, 0.1) is 27.7 Å². The Bertz CT molecular complexity index is 310. The summed E-state index contributed by atoms with van der Waals surface area (Å²) in [5.41, 5.74) is 0.574. The molecule has 0 aromatic carbocycles. The average molecular weight is 282 g/mol. The number of quaternary nitrogens is 1. The number of phosphoric acid groups is 1. The van der Waals surface area contributed by atoms with E-state index in [1.54, 1.807) is 6.92 Å². The van der Waals surface area contributed by atoms with Crippen molar-refractivity contribution in [2.24, 2.45) is 0 Å². The Morgan fingerprint density at radius 1 is 1.39 bits per heavy atom. The van der Waals surface area contributed by atoms with Gasteiger partial charge in [-0.25, -0.2) is 0 Å². The zero-order chi connectivity index (χ0) is 15.0. The Morgan fingerprint density at radius 3 is 2.06 bits per heavy atom. The first-order valence-corrected chi connectivity index (χ1v) is 6.86.